The first-order valence-corrected chi connectivity index (χ1v) is 17.3. The second kappa shape index (κ2) is 22.5. The van der Waals surface area contributed by atoms with E-state index >= 15 is 0 Å². The first-order chi connectivity index (χ1) is 24.1. The second-order valence-electron chi connectivity index (χ2n) is 12.6. The van der Waals surface area contributed by atoms with Gasteiger partial charge < -0.3 is 34.9 Å². The Balaban J connectivity index is 1.24. The van der Waals surface area contributed by atoms with E-state index in [0.29, 0.717) is 50.7 Å². The fourth-order valence-electron chi connectivity index (χ4n) is 6.01. The number of unbranched alkanes of at least 4 members (excludes halogenated alkanes) is 1. The van der Waals surface area contributed by atoms with Crippen LogP contribution in [0, 0.1) is 22.0 Å². The number of aliphatic hydroxyl groups excluding tert-OH is 3. The van der Waals surface area contributed by atoms with E-state index in [2.05, 4.69) is 10.2 Å². The van der Waals surface area contributed by atoms with Crippen LogP contribution in [0.3, 0.4) is 0 Å². The first kappa shape index (κ1) is 40.3. The van der Waals surface area contributed by atoms with Gasteiger partial charge in [-0.15, -0.1) is 10.1 Å². The average molecular weight is 699 g/mol. The Bertz CT molecular complexity index is 1350. The second-order valence-corrected chi connectivity index (χ2v) is 12.6. The molecular formula is C37H50N2O11. The zero-order chi connectivity index (χ0) is 36.1. The summed E-state index contributed by atoms with van der Waals surface area (Å²) in [5.41, 5.74) is 1.93. The van der Waals surface area contributed by atoms with Gasteiger partial charge in [-0.1, -0.05) is 54.6 Å². The zero-order valence-corrected chi connectivity index (χ0v) is 28.4. The molecule has 3 rings (SSSR count). The molecule has 0 saturated heterocycles. The highest BCUT2D eigenvalue weighted by Gasteiger charge is 2.40. The molecule has 1 fully saturated rings. The lowest BCUT2D eigenvalue weighted by atomic mass is 9.85. The molecule has 1 amide bonds. The number of amides is 1. The van der Waals surface area contributed by atoms with E-state index in [-0.39, 0.29) is 69.2 Å². The fraction of sp³-hybridized carbons (Fsp3) is 0.541. The lowest BCUT2D eigenvalue weighted by Gasteiger charge is -2.23. The number of ether oxygens (including phenoxy) is 2. The lowest BCUT2D eigenvalue weighted by molar-refractivity contribution is -0.757. The van der Waals surface area contributed by atoms with E-state index in [0.717, 1.165) is 12.0 Å². The molecule has 0 heterocycles. The summed E-state index contributed by atoms with van der Waals surface area (Å²) in [6.07, 6.45) is 7.73. The minimum absolute atomic E-state index is 0.0786. The van der Waals surface area contributed by atoms with Crippen molar-refractivity contribution in [3.63, 3.8) is 0 Å². The van der Waals surface area contributed by atoms with Gasteiger partial charge in [0.05, 0.1) is 31.5 Å². The van der Waals surface area contributed by atoms with Gasteiger partial charge >= 0.3 is 5.97 Å². The van der Waals surface area contributed by atoms with Crippen molar-refractivity contribution in [3.05, 3.63) is 88.0 Å². The molecule has 0 bridgehead atoms. The Labute approximate surface area is 292 Å². The summed E-state index contributed by atoms with van der Waals surface area (Å²) in [5.74, 6) is -0.963. The summed E-state index contributed by atoms with van der Waals surface area (Å²) >= 11 is 0. The summed E-state index contributed by atoms with van der Waals surface area (Å²) in [7, 11) is 0. The predicted octanol–water partition coefficient (Wildman–Crippen LogP) is 4.03. The average Bonchev–Trinajstić information content (AvgIpc) is 3.37. The van der Waals surface area contributed by atoms with Crippen molar-refractivity contribution in [2.45, 2.75) is 95.5 Å². The minimum Gasteiger partial charge on any atom is -0.425 e. The largest absolute Gasteiger partial charge is 0.425 e. The van der Waals surface area contributed by atoms with Crippen LogP contribution >= 0.6 is 0 Å². The summed E-state index contributed by atoms with van der Waals surface area (Å²) in [6, 6.07) is 16.5. The number of Topliss-reactive ketones (excluding diaryl/α,β-unsaturated/α-hetero) is 1. The highest BCUT2D eigenvalue weighted by atomic mass is 16.9. The number of carbonyl (C=O) groups is 3. The molecule has 13 nitrogen and oxygen atoms in total. The Morgan fingerprint density at radius 1 is 0.940 bits per heavy atom. The van der Waals surface area contributed by atoms with Crippen molar-refractivity contribution >= 4 is 17.7 Å². The maximum Gasteiger partial charge on any atom is 0.330 e. The number of hydrogen-bond acceptors (Lipinski definition) is 11. The van der Waals surface area contributed by atoms with Crippen molar-refractivity contribution in [2.24, 2.45) is 11.8 Å². The molecular weight excluding hydrogens is 648 g/mol. The molecule has 2 aromatic carbocycles. The van der Waals surface area contributed by atoms with Crippen LogP contribution in [-0.2, 0) is 37.0 Å². The van der Waals surface area contributed by atoms with Crippen molar-refractivity contribution in [2.75, 3.05) is 19.8 Å². The van der Waals surface area contributed by atoms with Crippen LogP contribution in [-0.4, -0.2) is 76.1 Å². The monoisotopic (exact) mass is 698 g/mol. The quantitative estimate of drug-likeness (QED) is 0.0309. The van der Waals surface area contributed by atoms with Gasteiger partial charge in [-0.2, -0.15) is 0 Å². The normalized spacial score (nSPS) is 19.3. The molecule has 0 aliphatic heterocycles. The molecule has 1 aliphatic rings. The molecule has 0 spiro atoms. The predicted molar refractivity (Wildman–Crippen MR) is 183 cm³/mol. The molecule has 13 heteroatoms. The molecule has 4 N–H and O–H groups in total. The topological polar surface area (TPSA) is 195 Å². The Morgan fingerprint density at radius 3 is 2.42 bits per heavy atom. The third-order valence-electron chi connectivity index (χ3n) is 8.73. The third-order valence-corrected chi connectivity index (χ3v) is 8.73. The smallest absolute Gasteiger partial charge is 0.330 e. The van der Waals surface area contributed by atoms with Crippen LogP contribution in [0.15, 0.2) is 66.7 Å². The number of nitrogens with zero attached hydrogens (tertiary/aromatic N) is 1. The molecule has 1 aliphatic carbocycles. The third kappa shape index (κ3) is 16.0. The number of aryl methyl sites for hydroxylation is 1. The highest BCUT2D eigenvalue weighted by Crippen LogP contribution is 2.38. The molecule has 2 aromatic rings. The minimum atomic E-state index is -0.903. The number of hydrogen-bond donors (Lipinski definition) is 4. The molecule has 5 atom stereocenters. The fourth-order valence-corrected chi connectivity index (χ4v) is 6.01. The highest BCUT2D eigenvalue weighted by molar-refractivity contribution is 5.82. The van der Waals surface area contributed by atoms with Crippen LogP contribution in [0.5, 0.6) is 5.75 Å². The molecule has 274 valence electrons. The summed E-state index contributed by atoms with van der Waals surface area (Å²) < 4.78 is 10.6. The zero-order valence-electron chi connectivity index (χ0n) is 28.4. The van der Waals surface area contributed by atoms with Crippen LogP contribution in [0.25, 0.3) is 0 Å². The van der Waals surface area contributed by atoms with Crippen molar-refractivity contribution in [1.82, 2.24) is 5.32 Å². The molecule has 0 aromatic heterocycles. The van der Waals surface area contributed by atoms with E-state index in [1.165, 1.54) is 5.56 Å². The standard InChI is InChI=1S/C37H50N2O11/c40-29(17-14-27-9-4-3-5-10-27)18-21-33-32(34(42)23-35(33)43)12-6-1-2-7-13-36(44)38-24-37(45)50-31-19-15-28(16-20-31)25-48-26-30(41)11-8-22-49-39(46)47/h1,3-6,9-10,15-16,19-20,29,32-35,40,42-43H,2,7-8,11-14,17-18,21-26H2,(H,38,44)/t29-,32+,33+,34-,35+/m0/s1. The van der Waals surface area contributed by atoms with Crippen molar-refractivity contribution < 1.29 is 49.1 Å². The number of benzene rings is 2. The first-order valence-electron chi connectivity index (χ1n) is 17.3. The Morgan fingerprint density at radius 2 is 1.68 bits per heavy atom. The number of allylic oxidation sites excluding steroid dienone is 2. The van der Waals surface area contributed by atoms with Crippen LogP contribution in [0.2, 0.25) is 0 Å². The summed E-state index contributed by atoms with van der Waals surface area (Å²) in [6.45, 7) is -0.403. The molecule has 0 unspecified atom stereocenters. The van der Waals surface area contributed by atoms with Gasteiger partial charge in [0.2, 0.25) is 5.91 Å². The van der Waals surface area contributed by atoms with Crippen molar-refractivity contribution in [1.29, 1.82) is 0 Å². The van der Waals surface area contributed by atoms with Crippen molar-refractivity contribution in [3.8, 4) is 5.75 Å². The van der Waals surface area contributed by atoms with Gasteiger partial charge in [-0.05, 0) is 92.9 Å². The number of aliphatic hydroxyl groups is 3. The maximum absolute atomic E-state index is 12.2. The molecule has 50 heavy (non-hydrogen) atoms. The lowest BCUT2D eigenvalue weighted by Crippen LogP contribution is -2.31. The van der Waals surface area contributed by atoms with E-state index in [1.807, 2.05) is 42.5 Å². The summed E-state index contributed by atoms with van der Waals surface area (Å²) in [5, 5.41) is 43.3. The number of nitrogens with one attached hydrogen (secondary N) is 1. The van der Waals surface area contributed by atoms with Gasteiger partial charge in [0, 0.05) is 12.8 Å². The van der Waals surface area contributed by atoms with Gasteiger partial charge in [0.1, 0.15) is 18.9 Å². The van der Waals surface area contributed by atoms with Crippen LogP contribution in [0.4, 0.5) is 0 Å². The Hall–Kier alpha value is -4.17. The van der Waals surface area contributed by atoms with Gasteiger partial charge in [0.15, 0.2) is 5.78 Å². The van der Waals surface area contributed by atoms with E-state index < -0.39 is 29.4 Å². The van der Waals surface area contributed by atoms with E-state index in [9.17, 15) is 39.8 Å². The van der Waals surface area contributed by atoms with Gasteiger partial charge in [0.25, 0.3) is 5.09 Å². The Kier molecular flexibility index (Phi) is 18.1. The van der Waals surface area contributed by atoms with E-state index in [1.54, 1.807) is 24.3 Å². The number of esters is 1. The molecule has 0 radical (unpaired) electrons. The summed E-state index contributed by atoms with van der Waals surface area (Å²) in [4.78, 5) is 50.4. The van der Waals surface area contributed by atoms with Crippen LogP contribution in [0.1, 0.15) is 75.3 Å². The van der Waals surface area contributed by atoms with Crippen LogP contribution < -0.4 is 10.1 Å². The van der Waals surface area contributed by atoms with Gasteiger partial charge in [-0.3, -0.25) is 9.59 Å². The van der Waals surface area contributed by atoms with E-state index in [4.69, 9.17) is 9.47 Å². The molecule has 1 saturated carbocycles. The number of carbonyl (C=O) groups excluding carboxylic acids is 3. The number of rotatable bonds is 24. The van der Waals surface area contributed by atoms with Gasteiger partial charge in [-0.25, -0.2) is 4.79 Å². The maximum atomic E-state index is 12.2. The SMILES string of the molecule is O=C(CCCO[N+](=O)[O-])COCc1ccc(OC(=O)CNC(=O)CCCC=CC[C@@H]2[C@@H](CC[C@@H](O)CCc3ccccc3)[C@H](O)C[C@@H]2O)cc1. The number of ketones is 1.